The van der Waals surface area contributed by atoms with Gasteiger partial charge in [-0.3, -0.25) is 9.59 Å². The molecule has 0 aromatic heterocycles. The highest BCUT2D eigenvalue weighted by Gasteiger charge is 2.10. The van der Waals surface area contributed by atoms with Crippen LogP contribution in [0, 0.1) is 0 Å². The molecule has 7 heteroatoms. The molecule has 0 saturated carbocycles. The third-order valence-electron chi connectivity index (χ3n) is 2.20. The molecule has 0 saturated heterocycles. The van der Waals surface area contributed by atoms with Crippen molar-refractivity contribution in [3.05, 3.63) is 36.4 Å². The summed E-state index contributed by atoms with van der Waals surface area (Å²) < 4.78 is 4.92. The SMILES string of the molecule is C=CCNC(=O)C(=O)N/N=C/c1ccc(O)c(OC)c1. The fraction of sp³-hybridized carbons (Fsp3) is 0.154. The molecular weight excluding hydrogens is 262 g/mol. The van der Waals surface area contributed by atoms with Crippen molar-refractivity contribution in [2.75, 3.05) is 13.7 Å². The first kappa shape index (κ1) is 15.2. The maximum atomic E-state index is 11.3. The van der Waals surface area contributed by atoms with E-state index in [0.29, 0.717) is 5.56 Å². The number of ether oxygens (including phenoxy) is 1. The van der Waals surface area contributed by atoms with Crippen molar-refractivity contribution in [3.63, 3.8) is 0 Å². The Kier molecular flexibility index (Phi) is 5.76. The first-order chi connectivity index (χ1) is 9.58. The van der Waals surface area contributed by atoms with Crippen molar-refractivity contribution in [3.8, 4) is 11.5 Å². The largest absolute Gasteiger partial charge is 0.504 e. The maximum absolute atomic E-state index is 11.3. The van der Waals surface area contributed by atoms with Gasteiger partial charge in [0.15, 0.2) is 11.5 Å². The number of aromatic hydroxyl groups is 1. The summed E-state index contributed by atoms with van der Waals surface area (Å²) in [7, 11) is 1.42. The molecule has 7 nitrogen and oxygen atoms in total. The van der Waals surface area contributed by atoms with E-state index < -0.39 is 11.8 Å². The Labute approximate surface area is 115 Å². The summed E-state index contributed by atoms with van der Waals surface area (Å²) in [6.07, 6.45) is 2.78. The molecule has 20 heavy (non-hydrogen) atoms. The lowest BCUT2D eigenvalue weighted by Gasteiger charge is -2.03. The molecule has 0 fully saturated rings. The highest BCUT2D eigenvalue weighted by Crippen LogP contribution is 2.25. The number of rotatable bonds is 5. The van der Waals surface area contributed by atoms with Gasteiger partial charge in [-0.15, -0.1) is 6.58 Å². The van der Waals surface area contributed by atoms with Gasteiger partial charge in [-0.25, -0.2) is 5.43 Å². The zero-order valence-electron chi connectivity index (χ0n) is 10.9. The van der Waals surface area contributed by atoms with Crippen LogP contribution in [0.3, 0.4) is 0 Å². The maximum Gasteiger partial charge on any atom is 0.329 e. The smallest absolute Gasteiger partial charge is 0.329 e. The Morgan fingerprint density at radius 1 is 1.45 bits per heavy atom. The number of hydrogen-bond acceptors (Lipinski definition) is 5. The second kappa shape index (κ2) is 7.57. The summed E-state index contributed by atoms with van der Waals surface area (Å²) in [6.45, 7) is 3.61. The third-order valence-corrected chi connectivity index (χ3v) is 2.20. The molecular formula is C13H15N3O4. The van der Waals surface area contributed by atoms with Crippen LogP contribution in [0.2, 0.25) is 0 Å². The van der Waals surface area contributed by atoms with E-state index in [1.165, 1.54) is 31.5 Å². The van der Waals surface area contributed by atoms with E-state index in [0.717, 1.165) is 0 Å². The number of amides is 2. The van der Waals surface area contributed by atoms with E-state index in [2.05, 4.69) is 22.4 Å². The van der Waals surface area contributed by atoms with E-state index in [-0.39, 0.29) is 18.0 Å². The second-order valence-electron chi connectivity index (χ2n) is 3.63. The van der Waals surface area contributed by atoms with E-state index in [1.807, 2.05) is 0 Å². The highest BCUT2D eigenvalue weighted by molar-refractivity contribution is 6.35. The monoisotopic (exact) mass is 277 g/mol. The van der Waals surface area contributed by atoms with Gasteiger partial charge in [0.2, 0.25) is 0 Å². The molecule has 0 unspecified atom stereocenters. The molecule has 1 aromatic rings. The molecule has 0 radical (unpaired) electrons. The number of hydrazone groups is 1. The minimum absolute atomic E-state index is 0.00233. The van der Waals surface area contributed by atoms with Gasteiger partial charge in [0.05, 0.1) is 13.3 Å². The zero-order chi connectivity index (χ0) is 15.0. The van der Waals surface area contributed by atoms with E-state index >= 15 is 0 Å². The van der Waals surface area contributed by atoms with Crippen LogP contribution in [-0.2, 0) is 9.59 Å². The van der Waals surface area contributed by atoms with Gasteiger partial charge in [0.25, 0.3) is 0 Å². The van der Waals surface area contributed by atoms with E-state index in [4.69, 9.17) is 4.74 Å². The normalized spacial score (nSPS) is 10.1. The molecule has 0 aliphatic carbocycles. The molecule has 3 N–H and O–H groups in total. The Hall–Kier alpha value is -2.83. The summed E-state index contributed by atoms with van der Waals surface area (Å²) >= 11 is 0. The number of carbonyl (C=O) groups excluding carboxylic acids is 2. The molecule has 2 amide bonds. The van der Waals surface area contributed by atoms with Crippen molar-refractivity contribution >= 4 is 18.0 Å². The van der Waals surface area contributed by atoms with Crippen LogP contribution in [0.4, 0.5) is 0 Å². The summed E-state index contributed by atoms with van der Waals surface area (Å²) in [5, 5.41) is 15.3. The number of nitrogens with zero attached hydrogens (tertiary/aromatic N) is 1. The van der Waals surface area contributed by atoms with Crippen molar-refractivity contribution in [1.29, 1.82) is 0 Å². The van der Waals surface area contributed by atoms with Crippen LogP contribution < -0.4 is 15.5 Å². The number of methoxy groups -OCH3 is 1. The minimum atomic E-state index is -0.881. The molecule has 0 aliphatic rings. The topological polar surface area (TPSA) is 100 Å². The van der Waals surface area contributed by atoms with Gasteiger partial charge in [-0.1, -0.05) is 6.08 Å². The Bertz CT molecular complexity index is 540. The van der Waals surface area contributed by atoms with Crippen LogP contribution in [0.25, 0.3) is 0 Å². The molecule has 1 rings (SSSR count). The number of phenols is 1. The lowest BCUT2D eigenvalue weighted by Crippen LogP contribution is -2.37. The summed E-state index contributed by atoms with van der Waals surface area (Å²) in [6, 6.07) is 4.53. The van der Waals surface area contributed by atoms with Crippen LogP contribution in [0.1, 0.15) is 5.56 Å². The van der Waals surface area contributed by atoms with Gasteiger partial charge in [0, 0.05) is 6.54 Å². The van der Waals surface area contributed by atoms with Gasteiger partial charge in [-0.2, -0.15) is 5.10 Å². The zero-order valence-corrected chi connectivity index (χ0v) is 10.9. The number of hydrogen-bond donors (Lipinski definition) is 3. The van der Waals surface area contributed by atoms with Crippen molar-refractivity contribution in [1.82, 2.24) is 10.7 Å². The predicted molar refractivity (Wildman–Crippen MR) is 73.6 cm³/mol. The van der Waals surface area contributed by atoms with E-state index in [1.54, 1.807) is 6.07 Å². The third kappa shape index (κ3) is 4.45. The molecule has 106 valence electrons. The molecule has 0 spiro atoms. The van der Waals surface area contributed by atoms with Crippen LogP contribution in [-0.4, -0.2) is 36.8 Å². The number of nitrogens with one attached hydrogen (secondary N) is 2. The Morgan fingerprint density at radius 3 is 2.85 bits per heavy atom. The molecule has 1 aromatic carbocycles. The van der Waals surface area contributed by atoms with Crippen molar-refractivity contribution in [2.45, 2.75) is 0 Å². The molecule has 0 aliphatic heterocycles. The lowest BCUT2D eigenvalue weighted by atomic mass is 10.2. The van der Waals surface area contributed by atoms with E-state index in [9.17, 15) is 14.7 Å². The highest BCUT2D eigenvalue weighted by atomic mass is 16.5. The summed E-state index contributed by atoms with van der Waals surface area (Å²) in [4.78, 5) is 22.5. The number of carbonyl (C=O) groups is 2. The Morgan fingerprint density at radius 2 is 2.20 bits per heavy atom. The number of phenolic OH excluding ortho intramolecular Hbond substituents is 1. The summed E-state index contributed by atoms with van der Waals surface area (Å²) in [5.41, 5.74) is 2.66. The van der Waals surface area contributed by atoms with Crippen LogP contribution in [0.5, 0.6) is 11.5 Å². The molecule has 0 bridgehead atoms. The van der Waals surface area contributed by atoms with Crippen molar-refractivity contribution < 1.29 is 19.4 Å². The lowest BCUT2D eigenvalue weighted by molar-refractivity contribution is -0.139. The standard InChI is InChI=1S/C13H15N3O4/c1-3-6-14-12(18)13(19)16-15-8-9-4-5-10(17)11(7-9)20-2/h3-5,7-8,17H,1,6H2,2H3,(H,14,18)(H,16,19)/b15-8+. The van der Waals surface area contributed by atoms with Crippen LogP contribution in [0.15, 0.2) is 36.0 Å². The minimum Gasteiger partial charge on any atom is -0.504 e. The second-order valence-corrected chi connectivity index (χ2v) is 3.63. The Balaban J connectivity index is 2.58. The average molecular weight is 277 g/mol. The molecule has 0 atom stereocenters. The quantitative estimate of drug-likeness (QED) is 0.309. The van der Waals surface area contributed by atoms with Gasteiger partial charge in [-0.05, 0) is 23.8 Å². The van der Waals surface area contributed by atoms with Gasteiger partial charge >= 0.3 is 11.8 Å². The summed E-state index contributed by atoms with van der Waals surface area (Å²) in [5.74, 6) is -1.40. The van der Waals surface area contributed by atoms with Gasteiger partial charge in [0.1, 0.15) is 0 Å². The van der Waals surface area contributed by atoms with Gasteiger partial charge < -0.3 is 15.2 Å². The fourth-order valence-electron chi connectivity index (χ4n) is 1.24. The predicted octanol–water partition coefficient (Wildman–Crippen LogP) is 0.153. The fourth-order valence-corrected chi connectivity index (χ4v) is 1.24. The molecule has 0 heterocycles. The van der Waals surface area contributed by atoms with Crippen molar-refractivity contribution in [2.24, 2.45) is 5.10 Å². The average Bonchev–Trinajstić information content (AvgIpc) is 2.46. The first-order valence-electron chi connectivity index (χ1n) is 5.67. The number of benzene rings is 1. The first-order valence-corrected chi connectivity index (χ1v) is 5.67. The van der Waals surface area contributed by atoms with Crippen LogP contribution >= 0.6 is 0 Å².